The SMILES string of the molecule is CC(c1ccccc1Br)N(C)C(=O)CSCC(=O)O. The Morgan fingerprint density at radius 1 is 1.37 bits per heavy atom. The van der Waals surface area contributed by atoms with Gasteiger partial charge >= 0.3 is 5.97 Å². The van der Waals surface area contributed by atoms with Crippen molar-refractivity contribution < 1.29 is 14.7 Å². The quantitative estimate of drug-likeness (QED) is 0.861. The second-order valence-electron chi connectivity index (χ2n) is 4.09. The smallest absolute Gasteiger partial charge is 0.313 e. The van der Waals surface area contributed by atoms with Crippen molar-refractivity contribution >= 4 is 39.6 Å². The van der Waals surface area contributed by atoms with Crippen molar-refractivity contribution in [2.24, 2.45) is 0 Å². The van der Waals surface area contributed by atoms with Gasteiger partial charge in [0.2, 0.25) is 5.91 Å². The molecule has 0 saturated carbocycles. The van der Waals surface area contributed by atoms with E-state index in [0.29, 0.717) is 0 Å². The largest absolute Gasteiger partial charge is 0.481 e. The van der Waals surface area contributed by atoms with Crippen molar-refractivity contribution in [2.75, 3.05) is 18.6 Å². The van der Waals surface area contributed by atoms with E-state index < -0.39 is 5.97 Å². The molecule has 104 valence electrons. The van der Waals surface area contributed by atoms with E-state index in [2.05, 4.69) is 15.9 Å². The maximum absolute atomic E-state index is 11.9. The van der Waals surface area contributed by atoms with Crippen LogP contribution in [0.25, 0.3) is 0 Å². The number of carbonyl (C=O) groups excluding carboxylic acids is 1. The number of aliphatic carboxylic acids is 1. The van der Waals surface area contributed by atoms with E-state index in [1.165, 1.54) is 0 Å². The zero-order valence-electron chi connectivity index (χ0n) is 10.8. The molecule has 1 rings (SSSR count). The molecule has 6 heteroatoms. The lowest BCUT2D eigenvalue weighted by atomic mass is 10.1. The molecule has 0 aliphatic rings. The summed E-state index contributed by atoms with van der Waals surface area (Å²) in [6.07, 6.45) is 0. The highest BCUT2D eigenvalue weighted by Crippen LogP contribution is 2.26. The van der Waals surface area contributed by atoms with Gasteiger partial charge < -0.3 is 10.0 Å². The third-order valence-electron chi connectivity index (χ3n) is 2.78. The van der Waals surface area contributed by atoms with E-state index in [1.807, 2.05) is 31.2 Å². The summed E-state index contributed by atoms with van der Waals surface area (Å²) in [4.78, 5) is 24.0. The zero-order valence-corrected chi connectivity index (χ0v) is 13.2. The number of nitrogens with zero attached hydrogens (tertiary/aromatic N) is 1. The lowest BCUT2D eigenvalue weighted by molar-refractivity contribution is -0.133. The van der Waals surface area contributed by atoms with Crippen LogP contribution in [-0.2, 0) is 9.59 Å². The van der Waals surface area contributed by atoms with Crippen molar-refractivity contribution in [1.82, 2.24) is 4.90 Å². The highest BCUT2D eigenvalue weighted by molar-refractivity contribution is 9.10. The maximum Gasteiger partial charge on any atom is 0.313 e. The Balaban J connectivity index is 2.61. The van der Waals surface area contributed by atoms with Crippen molar-refractivity contribution in [2.45, 2.75) is 13.0 Å². The van der Waals surface area contributed by atoms with Crippen LogP contribution >= 0.6 is 27.7 Å². The van der Waals surface area contributed by atoms with Crippen LogP contribution < -0.4 is 0 Å². The van der Waals surface area contributed by atoms with Crippen LogP contribution in [0.15, 0.2) is 28.7 Å². The third-order valence-corrected chi connectivity index (χ3v) is 4.41. The Morgan fingerprint density at radius 2 is 2.00 bits per heavy atom. The van der Waals surface area contributed by atoms with Crippen molar-refractivity contribution in [3.8, 4) is 0 Å². The molecule has 0 bridgehead atoms. The molecule has 1 unspecified atom stereocenters. The fourth-order valence-electron chi connectivity index (χ4n) is 1.57. The molecule has 0 heterocycles. The summed E-state index contributed by atoms with van der Waals surface area (Å²) < 4.78 is 0.959. The fraction of sp³-hybridized carbons (Fsp3) is 0.385. The monoisotopic (exact) mass is 345 g/mol. The van der Waals surface area contributed by atoms with Crippen molar-refractivity contribution in [3.63, 3.8) is 0 Å². The molecular weight excluding hydrogens is 330 g/mol. The van der Waals surface area contributed by atoms with Crippen molar-refractivity contribution in [1.29, 1.82) is 0 Å². The number of rotatable bonds is 6. The van der Waals surface area contributed by atoms with Crippen LogP contribution in [-0.4, -0.2) is 40.4 Å². The van der Waals surface area contributed by atoms with E-state index >= 15 is 0 Å². The minimum Gasteiger partial charge on any atom is -0.481 e. The molecule has 1 aromatic rings. The fourth-order valence-corrected chi connectivity index (χ4v) is 2.84. The number of halogens is 1. The van der Waals surface area contributed by atoms with E-state index in [1.54, 1.807) is 11.9 Å². The lowest BCUT2D eigenvalue weighted by Gasteiger charge is -2.26. The minimum absolute atomic E-state index is 0.0526. The van der Waals surface area contributed by atoms with Gasteiger partial charge in [0.15, 0.2) is 0 Å². The molecule has 0 aliphatic carbocycles. The molecule has 0 spiro atoms. The number of carboxylic acid groups (broad SMARTS) is 1. The number of amides is 1. The Hall–Kier alpha value is -1.01. The van der Waals surface area contributed by atoms with Crippen LogP contribution in [0.1, 0.15) is 18.5 Å². The van der Waals surface area contributed by atoms with Gasteiger partial charge in [0.25, 0.3) is 0 Å². The highest BCUT2D eigenvalue weighted by Gasteiger charge is 2.19. The Labute approximate surface area is 125 Å². The summed E-state index contributed by atoms with van der Waals surface area (Å²) in [6, 6.07) is 7.68. The van der Waals surface area contributed by atoms with Gasteiger partial charge in [-0.3, -0.25) is 9.59 Å². The van der Waals surface area contributed by atoms with E-state index in [0.717, 1.165) is 21.8 Å². The van der Waals surface area contributed by atoms with Crippen LogP contribution in [0.2, 0.25) is 0 Å². The van der Waals surface area contributed by atoms with E-state index in [-0.39, 0.29) is 23.5 Å². The molecule has 19 heavy (non-hydrogen) atoms. The average molecular weight is 346 g/mol. The molecule has 0 aliphatic heterocycles. The number of hydrogen-bond acceptors (Lipinski definition) is 3. The topological polar surface area (TPSA) is 57.6 Å². The molecule has 0 saturated heterocycles. The first kappa shape index (κ1) is 16.0. The van der Waals surface area contributed by atoms with Gasteiger partial charge in [0, 0.05) is 11.5 Å². The van der Waals surface area contributed by atoms with Crippen LogP contribution in [0.5, 0.6) is 0 Å². The van der Waals surface area contributed by atoms with Gasteiger partial charge in [-0.05, 0) is 18.6 Å². The van der Waals surface area contributed by atoms with E-state index in [4.69, 9.17) is 5.11 Å². The minimum atomic E-state index is -0.903. The third kappa shape index (κ3) is 4.87. The molecule has 0 fully saturated rings. The van der Waals surface area contributed by atoms with Gasteiger partial charge in [-0.1, -0.05) is 34.1 Å². The average Bonchev–Trinajstić information content (AvgIpc) is 2.37. The van der Waals surface area contributed by atoms with Crippen molar-refractivity contribution in [3.05, 3.63) is 34.3 Å². The lowest BCUT2D eigenvalue weighted by Crippen LogP contribution is -2.31. The number of carboxylic acids is 1. The molecule has 0 aromatic heterocycles. The first-order chi connectivity index (χ1) is 8.93. The first-order valence-electron chi connectivity index (χ1n) is 5.73. The predicted octanol–water partition coefficient (Wildman–Crippen LogP) is 2.79. The Morgan fingerprint density at radius 3 is 2.58 bits per heavy atom. The summed E-state index contributed by atoms with van der Waals surface area (Å²) in [6.45, 7) is 1.94. The summed E-state index contributed by atoms with van der Waals surface area (Å²) in [7, 11) is 1.73. The number of hydrogen-bond donors (Lipinski definition) is 1. The zero-order chi connectivity index (χ0) is 14.4. The van der Waals surface area contributed by atoms with Gasteiger partial charge in [-0.15, -0.1) is 11.8 Å². The molecule has 4 nitrogen and oxygen atoms in total. The predicted molar refractivity (Wildman–Crippen MR) is 80.3 cm³/mol. The second kappa shape index (κ2) is 7.55. The van der Waals surface area contributed by atoms with Crippen LogP contribution in [0, 0.1) is 0 Å². The number of carbonyl (C=O) groups is 2. The normalized spacial score (nSPS) is 11.9. The summed E-state index contributed by atoms with van der Waals surface area (Å²) in [5.74, 6) is -0.852. The number of thioether (sulfide) groups is 1. The molecular formula is C13H16BrNO3S. The van der Waals surface area contributed by atoms with Crippen LogP contribution in [0.3, 0.4) is 0 Å². The molecule has 1 aromatic carbocycles. The summed E-state index contributed by atoms with van der Waals surface area (Å²) in [5, 5.41) is 8.54. The first-order valence-corrected chi connectivity index (χ1v) is 7.68. The Bertz CT molecular complexity index is 467. The van der Waals surface area contributed by atoms with Gasteiger partial charge in [0.1, 0.15) is 0 Å². The molecule has 0 radical (unpaired) electrons. The van der Waals surface area contributed by atoms with Gasteiger partial charge in [-0.2, -0.15) is 0 Å². The van der Waals surface area contributed by atoms with Gasteiger partial charge in [0.05, 0.1) is 17.5 Å². The van der Waals surface area contributed by atoms with E-state index in [9.17, 15) is 9.59 Å². The van der Waals surface area contributed by atoms with Crippen LogP contribution in [0.4, 0.5) is 0 Å². The summed E-state index contributed by atoms with van der Waals surface area (Å²) >= 11 is 4.58. The number of benzene rings is 1. The van der Waals surface area contributed by atoms with Gasteiger partial charge in [-0.25, -0.2) is 0 Å². The Kier molecular flexibility index (Phi) is 6.37. The standard InChI is InChI=1S/C13H16BrNO3S/c1-9(10-5-3-4-6-11(10)14)15(2)12(16)7-19-8-13(17)18/h3-6,9H,7-8H2,1-2H3,(H,17,18). The maximum atomic E-state index is 11.9. The molecule has 1 amide bonds. The summed E-state index contributed by atoms with van der Waals surface area (Å²) in [5.41, 5.74) is 1.03. The molecule has 1 N–H and O–H groups in total. The second-order valence-corrected chi connectivity index (χ2v) is 5.93. The highest BCUT2D eigenvalue weighted by atomic mass is 79.9. The molecule has 1 atom stereocenters.